The van der Waals surface area contributed by atoms with Crippen LogP contribution in [0.3, 0.4) is 0 Å². The number of hydrogen-bond acceptors (Lipinski definition) is 6. The molecular weight excluding hydrogens is 398 g/mol. The first kappa shape index (κ1) is 19.1. The number of halogens is 1. The SMILES string of the molecule is Cc1nc(NS(=O)(=O)c2ccc(Cl)cc2)sc1C(=O)NCC1CCCO1. The van der Waals surface area contributed by atoms with Gasteiger partial charge in [-0.2, -0.15) is 0 Å². The van der Waals surface area contributed by atoms with Crippen molar-refractivity contribution in [3.63, 3.8) is 0 Å². The molecule has 0 radical (unpaired) electrons. The van der Waals surface area contributed by atoms with Crippen LogP contribution in [0.5, 0.6) is 0 Å². The highest BCUT2D eigenvalue weighted by Gasteiger charge is 2.22. The Labute approximate surface area is 160 Å². The van der Waals surface area contributed by atoms with Crippen LogP contribution in [0.15, 0.2) is 29.2 Å². The van der Waals surface area contributed by atoms with Gasteiger partial charge in [0.15, 0.2) is 5.13 Å². The Morgan fingerprint density at radius 1 is 1.38 bits per heavy atom. The zero-order chi connectivity index (χ0) is 18.7. The van der Waals surface area contributed by atoms with E-state index in [4.69, 9.17) is 16.3 Å². The monoisotopic (exact) mass is 415 g/mol. The summed E-state index contributed by atoms with van der Waals surface area (Å²) in [6, 6.07) is 5.79. The maximum absolute atomic E-state index is 12.4. The fraction of sp³-hybridized carbons (Fsp3) is 0.375. The van der Waals surface area contributed by atoms with E-state index in [-0.39, 0.29) is 22.0 Å². The van der Waals surface area contributed by atoms with Crippen molar-refractivity contribution in [3.05, 3.63) is 39.9 Å². The second-order valence-corrected chi connectivity index (χ2v) is 8.96. The molecule has 1 aromatic heterocycles. The van der Waals surface area contributed by atoms with Crippen LogP contribution >= 0.6 is 22.9 Å². The van der Waals surface area contributed by atoms with E-state index in [1.165, 1.54) is 24.3 Å². The van der Waals surface area contributed by atoms with Gasteiger partial charge in [-0.1, -0.05) is 22.9 Å². The molecular formula is C16H18ClN3O4S2. The molecule has 0 aliphatic carbocycles. The van der Waals surface area contributed by atoms with Crippen molar-refractivity contribution in [1.82, 2.24) is 10.3 Å². The first-order valence-electron chi connectivity index (χ1n) is 8.01. The van der Waals surface area contributed by atoms with Crippen LogP contribution in [0.4, 0.5) is 5.13 Å². The maximum atomic E-state index is 12.4. The summed E-state index contributed by atoms with van der Waals surface area (Å²) in [5, 5.41) is 3.39. The molecule has 1 aromatic carbocycles. The van der Waals surface area contributed by atoms with Crippen LogP contribution in [0, 0.1) is 6.92 Å². The summed E-state index contributed by atoms with van der Waals surface area (Å²) in [5.41, 5.74) is 0.466. The number of anilines is 1. The molecule has 0 bridgehead atoms. The number of amides is 1. The predicted octanol–water partition coefficient (Wildman–Crippen LogP) is 2.81. The number of carbonyl (C=O) groups is 1. The molecule has 1 aliphatic rings. The molecule has 1 unspecified atom stereocenters. The van der Waals surface area contributed by atoms with Crippen molar-refractivity contribution in [1.29, 1.82) is 0 Å². The summed E-state index contributed by atoms with van der Waals surface area (Å²) in [7, 11) is -3.80. The van der Waals surface area contributed by atoms with E-state index in [9.17, 15) is 13.2 Å². The molecule has 3 rings (SSSR count). The molecule has 1 aliphatic heterocycles. The second kappa shape index (κ2) is 7.91. The smallest absolute Gasteiger partial charge is 0.263 e. The van der Waals surface area contributed by atoms with Crippen LogP contribution in [0.1, 0.15) is 28.2 Å². The zero-order valence-electron chi connectivity index (χ0n) is 14.0. The van der Waals surface area contributed by atoms with Crippen LogP contribution < -0.4 is 10.0 Å². The molecule has 0 saturated carbocycles. The van der Waals surface area contributed by atoms with E-state index in [1.807, 2.05) is 0 Å². The van der Waals surface area contributed by atoms with Crippen LogP contribution in [0.2, 0.25) is 5.02 Å². The number of hydrogen-bond donors (Lipinski definition) is 2. The van der Waals surface area contributed by atoms with Crippen molar-refractivity contribution >= 4 is 44.0 Å². The van der Waals surface area contributed by atoms with E-state index in [2.05, 4.69) is 15.0 Å². The third-order valence-electron chi connectivity index (χ3n) is 3.86. The molecule has 1 amide bonds. The summed E-state index contributed by atoms with van der Waals surface area (Å²) < 4.78 is 32.7. The standard InChI is InChI=1S/C16H18ClN3O4S2/c1-10-14(15(21)18-9-12-3-2-8-24-12)25-16(19-10)20-26(22,23)13-6-4-11(17)5-7-13/h4-7,12H,2-3,8-9H2,1H3,(H,18,21)(H,19,20). The molecule has 1 fully saturated rings. The molecule has 0 spiro atoms. The van der Waals surface area contributed by atoms with Crippen molar-refractivity contribution in [2.45, 2.75) is 30.8 Å². The van der Waals surface area contributed by atoms with E-state index < -0.39 is 10.0 Å². The lowest BCUT2D eigenvalue weighted by Crippen LogP contribution is -2.31. The van der Waals surface area contributed by atoms with E-state index in [0.717, 1.165) is 30.8 Å². The highest BCUT2D eigenvalue weighted by Crippen LogP contribution is 2.25. The summed E-state index contributed by atoms with van der Waals surface area (Å²) in [6.07, 6.45) is 1.96. The number of thiazole rings is 1. The normalized spacial score (nSPS) is 17.2. The molecule has 2 heterocycles. The summed E-state index contributed by atoms with van der Waals surface area (Å²) in [5.74, 6) is -0.285. The molecule has 10 heteroatoms. The minimum atomic E-state index is -3.80. The minimum Gasteiger partial charge on any atom is -0.376 e. The number of aromatic nitrogens is 1. The number of nitrogens with one attached hydrogen (secondary N) is 2. The van der Waals surface area contributed by atoms with Gasteiger partial charge in [0, 0.05) is 18.2 Å². The number of sulfonamides is 1. The Morgan fingerprint density at radius 2 is 2.12 bits per heavy atom. The topological polar surface area (TPSA) is 97.4 Å². The van der Waals surface area contributed by atoms with Gasteiger partial charge in [0.25, 0.3) is 15.9 Å². The Morgan fingerprint density at radius 3 is 2.77 bits per heavy atom. The zero-order valence-corrected chi connectivity index (χ0v) is 16.4. The molecule has 7 nitrogen and oxygen atoms in total. The summed E-state index contributed by atoms with van der Waals surface area (Å²) >= 11 is 6.77. The Bertz CT molecular complexity index is 891. The average molecular weight is 416 g/mol. The molecule has 140 valence electrons. The molecule has 1 saturated heterocycles. The lowest BCUT2D eigenvalue weighted by atomic mass is 10.2. The molecule has 26 heavy (non-hydrogen) atoms. The van der Waals surface area contributed by atoms with Crippen molar-refractivity contribution in [2.24, 2.45) is 0 Å². The van der Waals surface area contributed by atoms with Crippen molar-refractivity contribution < 1.29 is 17.9 Å². The lowest BCUT2D eigenvalue weighted by molar-refractivity contribution is 0.0860. The Kier molecular flexibility index (Phi) is 5.81. The maximum Gasteiger partial charge on any atom is 0.263 e. The van der Waals surface area contributed by atoms with Gasteiger partial charge >= 0.3 is 0 Å². The number of nitrogens with zero attached hydrogens (tertiary/aromatic N) is 1. The number of rotatable bonds is 6. The third-order valence-corrected chi connectivity index (χ3v) is 6.67. The number of carbonyl (C=O) groups excluding carboxylic acids is 1. The average Bonchev–Trinajstić information content (AvgIpc) is 3.22. The minimum absolute atomic E-state index is 0.0371. The summed E-state index contributed by atoms with van der Waals surface area (Å²) in [6.45, 7) is 2.82. The largest absolute Gasteiger partial charge is 0.376 e. The fourth-order valence-electron chi connectivity index (χ4n) is 2.53. The van der Waals surface area contributed by atoms with Gasteiger partial charge in [-0.15, -0.1) is 0 Å². The van der Waals surface area contributed by atoms with E-state index >= 15 is 0 Å². The van der Waals surface area contributed by atoms with Gasteiger partial charge in [-0.25, -0.2) is 13.4 Å². The van der Waals surface area contributed by atoms with Crippen LogP contribution in [0.25, 0.3) is 0 Å². The third kappa shape index (κ3) is 4.53. The van der Waals surface area contributed by atoms with E-state index in [0.29, 0.717) is 22.1 Å². The van der Waals surface area contributed by atoms with Gasteiger partial charge in [0.1, 0.15) is 4.88 Å². The fourth-order valence-corrected chi connectivity index (χ4v) is 4.77. The first-order valence-corrected chi connectivity index (χ1v) is 10.7. The van der Waals surface area contributed by atoms with Gasteiger partial charge in [-0.05, 0) is 44.0 Å². The van der Waals surface area contributed by atoms with Gasteiger partial charge in [0.2, 0.25) is 0 Å². The number of benzene rings is 1. The Balaban J connectivity index is 1.69. The number of ether oxygens (including phenoxy) is 1. The van der Waals surface area contributed by atoms with Crippen molar-refractivity contribution in [2.75, 3.05) is 17.9 Å². The van der Waals surface area contributed by atoms with Gasteiger partial charge < -0.3 is 10.1 Å². The second-order valence-electron chi connectivity index (χ2n) is 5.84. The highest BCUT2D eigenvalue weighted by atomic mass is 35.5. The highest BCUT2D eigenvalue weighted by molar-refractivity contribution is 7.93. The predicted molar refractivity (Wildman–Crippen MR) is 100 cm³/mol. The first-order chi connectivity index (χ1) is 12.3. The van der Waals surface area contributed by atoms with Gasteiger partial charge in [0.05, 0.1) is 16.7 Å². The van der Waals surface area contributed by atoms with Crippen LogP contribution in [-0.2, 0) is 14.8 Å². The van der Waals surface area contributed by atoms with E-state index in [1.54, 1.807) is 6.92 Å². The van der Waals surface area contributed by atoms with Gasteiger partial charge in [-0.3, -0.25) is 9.52 Å². The Hall–Kier alpha value is -1.68. The summed E-state index contributed by atoms with van der Waals surface area (Å²) in [4.78, 5) is 16.9. The molecule has 2 aromatic rings. The lowest BCUT2D eigenvalue weighted by Gasteiger charge is -2.09. The van der Waals surface area contributed by atoms with Crippen molar-refractivity contribution in [3.8, 4) is 0 Å². The number of aryl methyl sites for hydroxylation is 1. The quantitative estimate of drug-likeness (QED) is 0.756. The molecule has 1 atom stereocenters. The molecule has 2 N–H and O–H groups in total. The van der Waals surface area contributed by atoms with Crippen LogP contribution in [-0.4, -0.2) is 38.6 Å².